The molecular formula is C18H27FN2O. The van der Waals surface area contributed by atoms with Crippen LogP contribution in [0.5, 0.6) is 0 Å². The minimum Gasteiger partial charge on any atom is -0.352 e. The van der Waals surface area contributed by atoms with Crippen LogP contribution in [0.2, 0.25) is 0 Å². The summed E-state index contributed by atoms with van der Waals surface area (Å²) in [7, 11) is 0. The predicted octanol–water partition coefficient (Wildman–Crippen LogP) is 3.20. The third kappa shape index (κ3) is 4.80. The predicted molar refractivity (Wildman–Crippen MR) is 86.8 cm³/mol. The van der Waals surface area contributed by atoms with E-state index in [0.29, 0.717) is 5.92 Å². The molecule has 2 atom stereocenters. The average Bonchev–Trinajstić information content (AvgIpc) is 2.39. The monoisotopic (exact) mass is 306 g/mol. The zero-order valence-corrected chi connectivity index (χ0v) is 14.0. The first kappa shape index (κ1) is 16.9. The molecule has 1 amide bonds. The molecule has 0 radical (unpaired) electrons. The van der Waals surface area contributed by atoms with Crippen LogP contribution in [0.15, 0.2) is 24.3 Å². The van der Waals surface area contributed by atoms with Gasteiger partial charge in [-0.2, -0.15) is 0 Å². The molecule has 1 aromatic rings. The highest BCUT2D eigenvalue weighted by Crippen LogP contribution is 2.21. The number of hydrogen-bond acceptors (Lipinski definition) is 2. The van der Waals surface area contributed by atoms with Crippen LogP contribution in [-0.4, -0.2) is 29.9 Å². The minimum atomic E-state index is -0.359. The van der Waals surface area contributed by atoms with Crippen molar-refractivity contribution < 1.29 is 9.18 Å². The second kappa shape index (κ2) is 6.78. The van der Waals surface area contributed by atoms with Gasteiger partial charge in [0.25, 0.3) is 0 Å². The molecule has 2 rings (SSSR count). The van der Waals surface area contributed by atoms with Crippen molar-refractivity contribution in [2.45, 2.75) is 46.7 Å². The smallest absolute Gasteiger partial charge is 0.225 e. The van der Waals surface area contributed by atoms with Crippen molar-refractivity contribution in [3.05, 3.63) is 35.6 Å². The van der Waals surface area contributed by atoms with E-state index in [1.165, 1.54) is 12.1 Å². The van der Waals surface area contributed by atoms with Crippen molar-refractivity contribution in [1.29, 1.82) is 0 Å². The van der Waals surface area contributed by atoms with E-state index >= 15 is 0 Å². The summed E-state index contributed by atoms with van der Waals surface area (Å²) in [5.41, 5.74) is 0.749. The fourth-order valence-corrected chi connectivity index (χ4v) is 2.95. The van der Waals surface area contributed by atoms with Gasteiger partial charge in [0.15, 0.2) is 0 Å². The van der Waals surface area contributed by atoms with E-state index in [1.54, 1.807) is 0 Å². The molecule has 0 aliphatic carbocycles. The van der Waals surface area contributed by atoms with Crippen LogP contribution < -0.4 is 5.32 Å². The number of carbonyl (C=O) groups is 1. The third-order valence-electron chi connectivity index (χ3n) is 4.07. The first-order chi connectivity index (χ1) is 10.2. The maximum atomic E-state index is 13.0. The third-order valence-corrected chi connectivity index (χ3v) is 4.07. The Hall–Kier alpha value is -1.42. The van der Waals surface area contributed by atoms with Crippen LogP contribution in [-0.2, 0) is 11.3 Å². The molecule has 4 heteroatoms. The Morgan fingerprint density at radius 2 is 1.91 bits per heavy atom. The van der Waals surface area contributed by atoms with Gasteiger partial charge in [-0.25, -0.2) is 4.39 Å². The second-order valence-electron chi connectivity index (χ2n) is 7.58. The van der Waals surface area contributed by atoms with Crippen LogP contribution >= 0.6 is 0 Å². The fourth-order valence-electron chi connectivity index (χ4n) is 2.95. The van der Waals surface area contributed by atoms with Gasteiger partial charge in [-0.15, -0.1) is 0 Å². The number of piperidine rings is 1. The highest BCUT2D eigenvalue weighted by molar-refractivity contribution is 5.81. The zero-order chi connectivity index (χ0) is 16.3. The summed E-state index contributed by atoms with van der Waals surface area (Å²) in [6, 6.07) is 6.86. The summed E-state index contributed by atoms with van der Waals surface area (Å²) < 4.78 is 13.0. The van der Waals surface area contributed by atoms with Gasteiger partial charge in [0.1, 0.15) is 5.82 Å². The number of hydrogen-bond donors (Lipinski definition) is 1. The van der Waals surface area contributed by atoms with Crippen molar-refractivity contribution in [2.24, 2.45) is 11.3 Å². The molecular weight excluding hydrogens is 279 g/mol. The first-order valence-corrected chi connectivity index (χ1v) is 8.02. The summed E-state index contributed by atoms with van der Waals surface area (Å²) in [6.45, 7) is 10.7. The van der Waals surface area contributed by atoms with E-state index in [0.717, 1.165) is 31.6 Å². The molecule has 22 heavy (non-hydrogen) atoms. The molecule has 3 nitrogen and oxygen atoms in total. The van der Waals surface area contributed by atoms with Crippen molar-refractivity contribution in [2.75, 3.05) is 13.1 Å². The normalized spacial score (nSPS) is 23.3. The number of nitrogens with one attached hydrogen (secondary N) is 1. The van der Waals surface area contributed by atoms with Crippen LogP contribution in [0.1, 0.15) is 39.7 Å². The van der Waals surface area contributed by atoms with Crippen molar-refractivity contribution in [3.8, 4) is 0 Å². The Labute approximate surface area is 132 Å². The Kier molecular flexibility index (Phi) is 5.22. The quantitative estimate of drug-likeness (QED) is 0.930. The Balaban J connectivity index is 1.96. The lowest BCUT2D eigenvalue weighted by atomic mass is 9.92. The summed E-state index contributed by atoms with van der Waals surface area (Å²) in [6.07, 6.45) is 1.02. The molecule has 1 saturated heterocycles. The largest absolute Gasteiger partial charge is 0.352 e. The number of rotatable bonds is 3. The number of benzene rings is 1. The molecule has 1 aromatic carbocycles. The van der Waals surface area contributed by atoms with Gasteiger partial charge in [-0.05, 0) is 30.0 Å². The molecule has 1 aliphatic heterocycles. The fraction of sp³-hybridized carbons (Fsp3) is 0.611. The summed E-state index contributed by atoms with van der Waals surface area (Å²) in [5, 5.41) is 3.17. The maximum absolute atomic E-state index is 13.0. The SMILES string of the molecule is CC1CC(NC(=O)C(C)(C)C)CN(Cc2ccc(F)cc2)C1. The second-order valence-corrected chi connectivity index (χ2v) is 7.58. The van der Waals surface area contributed by atoms with Crippen LogP contribution in [0, 0.1) is 17.2 Å². The van der Waals surface area contributed by atoms with E-state index in [1.807, 2.05) is 32.9 Å². The number of carbonyl (C=O) groups excluding carboxylic acids is 1. The lowest BCUT2D eigenvalue weighted by Crippen LogP contribution is -2.52. The van der Waals surface area contributed by atoms with Crippen molar-refractivity contribution in [3.63, 3.8) is 0 Å². The molecule has 122 valence electrons. The topological polar surface area (TPSA) is 32.3 Å². The van der Waals surface area contributed by atoms with E-state index in [9.17, 15) is 9.18 Å². The molecule has 0 spiro atoms. The minimum absolute atomic E-state index is 0.105. The molecule has 0 saturated carbocycles. The van der Waals surface area contributed by atoms with Gasteiger partial charge in [0, 0.05) is 31.1 Å². The van der Waals surface area contributed by atoms with Gasteiger partial charge in [-0.3, -0.25) is 9.69 Å². The number of amides is 1. The summed E-state index contributed by atoms with van der Waals surface area (Å²) >= 11 is 0. The molecule has 1 fully saturated rings. The van der Waals surface area contributed by atoms with Gasteiger partial charge < -0.3 is 5.32 Å². The van der Waals surface area contributed by atoms with Gasteiger partial charge in [0.2, 0.25) is 5.91 Å². The summed E-state index contributed by atoms with van der Waals surface area (Å²) in [5.74, 6) is 0.443. The van der Waals surface area contributed by atoms with Crippen LogP contribution in [0.3, 0.4) is 0 Å². The van der Waals surface area contributed by atoms with Gasteiger partial charge in [-0.1, -0.05) is 39.8 Å². The van der Waals surface area contributed by atoms with Crippen LogP contribution in [0.25, 0.3) is 0 Å². The molecule has 2 unspecified atom stereocenters. The maximum Gasteiger partial charge on any atom is 0.225 e. The number of likely N-dealkylation sites (tertiary alicyclic amines) is 1. The Bertz CT molecular complexity index is 507. The number of nitrogens with zero attached hydrogens (tertiary/aromatic N) is 1. The first-order valence-electron chi connectivity index (χ1n) is 8.02. The van der Waals surface area contributed by atoms with E-state index < -0.39 is 0 Å². The lowest BCUT2D eigenvalue weighted by molar-refractivity contribution is -0.129. The van der Waals surface area contributed by atoms with Crippen molar-refractivity contribution >= 4 is 5.91 Å². The molecule has 1 aliphatic rings. The van der Waals surface area contributed by atoms with Gasteiger partial charge in [0.05, 0.1) is 0 Å². The van der Waals surface area contributed by atoms with Crippen LogP contribution in [0.4, 0.5) is 4.39 Å². The zero-order valence-electron chi connectivity index (χ0n) is 14.0. The summed E-state index contributed by atoms with van der Waals surface area (Å²) in [4.78, 5) is 14.5. The molecule has 1 heterocycles. The highest BCUT2D eigenvalue weighted by Gasteiger charge is 2.29. The molecule has 0 aromatic heterocycles. The highest BCUT2D eigenvalue weighted by atomic mass is 19.1. The Morgan fingerprint density at radius 1 is 1.27 bits per heavy atom. The molecule has 1 N–H and O–H groups in total. The Morgan fingerprint density at radius 3 is 2.50 bits per heavy atom. The standard InChI is InChI=1S/C18H27FN2O/c1-13-9-16(20-17(22)18(2,3)4)12-21(10-13)11-14-5-7-15(19)8-6-14/h5-8,13,16H,9-12H2,1-4H3,(H,20,22). The average molecular weight is 306 g/mol. The lowest BCUT2D eigenvalue weighted by Gasteiger charge is -2.37. The molecule has 0 bridgehead atoms. The van der Waals surface area contributed by atoms with E-state index in [2.05, 4.69) is 17.1 Å². The van der Waals surface area contributed by atoms with E-state index in [-0.39, 0.29) is 23.2 Å². The number of halogens is 1. The van der Waals surface area contributed by atoms with Crippen molar-refractivity contribution in [1.82, 2.24) is 10.2 Å². The van der Waals surface area contributed by atoms with Gasteiger partial charge >= 0.3 is 0 Å². The van der Waals surface area contributed by atoms with E-state index in [4.69, 9.17) is 0 Å².